The maximum absolute atomic E-state index is 2.44. The molecule has 2 aliphatic carbocycles. The highest BCUT2D eigenvalue weighted by Crippen LogP contribution is 2.48. The van der Waals surface area contributed by atoms with Crippen LogP contribution < -0.4 is 0 Å². The van der Waals surface area contributed by atoms with Gasteiger partial charge in [0.2, 0.25) is 0 Å². The van der Waals surface area contributed by atoms with E-state index in [1.54, 1.807) is 16.7 Å². The fourth-order valence-corrected chi connectivity index (χ4v) is 2.24. The van der Waals surface area contributed by atoms with Crippen LogP contribution in [0.4, 0.5) is 0 Å². The van der Waals surface area contributed by atoms with Gasteiger partial charge in [-0.2, -0.15) is 0 Å². The van der Waals surface area contributed by atoms with Crippen molar-refractivity contribution < 1.29 is 0 Å². The van der Waals surface area contributed by atoms with Gasteiger partial charge in [-0.1, -0.05) is 29.7 Å². The Morgan fingerprint density at radius 3 is 3.09 bits per heavy atom. The molecule has 11 heavy (non-hydrogen) atoms. The van der Waals surface area contributed by atoms with Gasteiger partial charge in [-0.25, -0.2) is 0 Å². The molecule has 0 nitrogen and oxygen atoms in total. The zero-order valence-corrected chi connectivity index (χ0v) is 7.48. The van der Waals surface area contributed by atoms with Gasteiger partial charge in [-0.05, 0) is 32.6 Å². The van der Waals surface area contributed by atoms with Crippen molar-refractivity contribution >= 4 is 0 Å². The van der Waals surface area contributed by atoms with E-state index >= 15 is 0 Å². The van der Waals surface area contributed by atoms with E-state index in [1.165, 1.54) is 25.7 Å². The molecule has 0 heteroatoms. The molecule has 2 rings (SSSR count). The van der Waals surface area contributed by atoms with Gasteiger partial charge in [0.1, 0.15) is 0 Å². The average molecular weight is 148 g/mol. The Morgan fingerprint density at radius 1 is 1.64 bits per heavy atom. The molecule has 0 spiro atoms. The van der Waals surface area contributed by atoms with Crippen LogP contribution in [0.5, 0.6) is 0 Å². The Bertz CT molecular complexity index is 230. The second kappa shape index (κ2) is 2.51. The van der Waals surface area contributed by atoms with Crippen molar-refractivity contribution in [2.45, 2.75) is 39.5 Å². The maximum atomic E-state index is 2.44. The van der Waals surface area contributed by atoms with Gasteiger partial charge >= 0.3 is 0 Å². The second-order valence-electron chi connectivity index (χ2n) is 3.74. The summed E-state index contributed by atoms with van der Waals surface area (Å²) in [7, 11) is 0. The number of rotatable bonds is 1. The van der Waals surface area contributed by atoms with E-state index in [9.17, 15) is 0 Å². The minimum Gasteiger partial charge on any atom is -0.0844 e. The number of hydrogen-bond donors (Lipinski definition) is 0. The van der Waals surface area contributed by atoms with Gasteiger partial charge in [-0.15, -0.1) is 0 Å². The molecule has 0 aliphatic heterocycles. The first-order valence-corrected chi connectivity index (χ1v) is 4.70. The Kier molecular flexibility index (Phi) is 1.63. The number of fused-ring (bicyclic) bond motifs is 1. The summed E-state index contributed by atoms with van der Waals surface area (Å²) >= 11 is 0. The largest absolute Gasteiger partial charge is 0.0844 e. The summed E-state index contributed by atoms with van der Waals surface area (Å²) in [6.45, 7) is 4.56. The van der Waals surface area contributed by atoms with Gasteiger partial charge in [0.25, 0.3) is 0 Å². The third-order valence-corrected chi connectivity index (χ3v) is 3.20. The Morgan fingerprint density at radius 2 is 2.45 bits per heavy atom. The summed E-state index contributed by atoms with van der Waals surface area (Å²) in [4.78, 5) is 0. The normalized spacial score (nSPS) is 32.5. The van der Waals surface area contributed by atoms with Crippen LogP contribution in [-0.2, 0) is 0 Å². The van der Waals surface area contributed by atoms with Crippen LogP contribution in [0.15, 0.2) is 22.8 Å². The zero-order valence-electron chi connectivity index (χ0n) is 7.48. The molecule has 0 heterocycles. The lowest BCUT2D eigenvalue weighted by molar-refractivity contribution is 0.577. The number of hydrogen-bond acceptors (Lipinski definition) is 0. The lowest BCUT2D eigenvalue weighted by Crippen LogP contribution is -2.17. The topological polar surface area (TPSA) is 0 Å². The van der Waals surface area contributed by atoms with Crippen molar-refractivity contribution in [3.8, 4) is 0 Å². The standard InChI is InChI=1S/C11H16/c1-3-8(2)11-7-9-5-4-6-10(9)11/h5,10H,3-4,6-7H2,1-2H3/b11-8+. The Labute approximate surface area is 69.0 Å². The molecule has 2 aliphatic rings. The third kappa shape index (κ3) is 0.962. The van der Waals surface area contributed by atoms with Crippen LogP contribution in [0, 0.1) is 5.92 Å². The van der Waals surface area contributed by atoms with E-state index in [2.05, 4.69) is 19.9 Å². The molecule has 0 amide bonds. The smallest absolute Gasteiger partial charge is 0.00189 e. The lowest BCUT2D eigenvalue weighted by atomic mass is 9.73. The Hall–Kier alpha value is -0.520. The minimum atomic E-state index is 0.898. The van der Waals surface area contributed by atoms with Crippen LogP contribution in [0.1, 0.15) is 39.5 Å². The second-order valence-corrected chi connectivity index (χ2v) is 3.74. The monoisotopic (exact) mass is 148 g/mol. The lowest BCUT2D eigenvalue weighted by Gasteiger charge is -2.32. The van der Waals surface area contributed by atoms with Crippen molar-refractivity contribution in [1.29, 1.82) is 0 Å². The van der Waals surface area contributed by atoms with E-state index in [1.807, 2.05) is 0 Å². The van der Waals surface area contributed by atoms with Crippen LogP contribution in [0.2, 0.25) is 0 Å². The van der Waals surface area contributed by atoms with Crippen molar-refractivity contribution in [2.24, 2.45) is 5.92 Å². The van der Waals surface area contributed by atoms with E-state index in [4.69, 9.17) is 0 Å². The summed E-state index contributed by atoms with van der Waals surface area (Å²) in [6, 6.07) is 0. The summed E-state index contributed by atoms with van der Waals surface area (Å²) in [5.74, 6) is 0.898. The SMILES string of the molecule is CC/C(C)=C1\CC2=CCCC21. The fraction of sp³-hybridized carbons (Fsp3) is 0.636. The van der Waals surface area contributed by atoms with Crippen molar-refractivity contribution in [3.05, 3.63) is 22.8 Å². The average Bonchev–Trinajstić information content (AvgIpc) is 2.32. The summed E-state index contributed by atoms with van der Waals surface area (Å²) in [5, 5.41) is 0. The molecule has 0 radical (unpaired) electrons. The Balaban J connectivity index is 2.17. The van der Waals surface area contributed by atoms with Gasteiger partial charge < -0.3 is 0 Å². The highest BCUT2D eigenvalue weighted by atomic mass is 14.4. The first-order chi connectivity index (χ1) is 5.33. The molecule has 0 aromatic rings. The van der Waals surface area contributed by atoms with Crippen LogP contribution in [0.3, 0.4) is 0 Å². The quantitative estimate of drug-likeness (QED) is 0.499. The van der Waals surface area contributed by atoms with Gasteiger partial charge in [0.15, 0.2) is 0 Å². The number of allylic oxidation sites excluding steroid dienone is 4. The van der Waals surface area contributed by atoms with E-state index in [0.29, 0.717) is 0 Å². The molecule has 1 unspecified atom stereocenters. The first kappa shape index (κ1) is 7.15. The highest BCUT2D eigenvalue weighted by molar-refractivity contribution is 5.41. The summed E-state index contributed by atoms with van der Waals surface area (Å²) < 4.78 is 0. The van der Waals surface area contributed by atoms with Crippen molar-refractivity contribution in [1.82, 2.24) is 0 Å². The first-order valence-electron chi connectivity index (χ1n) is 4.70. The van der Waals surface area contributed by atoms with Crippen LogP contribution in [-0.4, -0.2) is 0 Å². The molecular formula is C11H16. The molecule has 0 aromatic heterocycles. The molecule has 60 valence electrons. The molecule has 0 N–H and O–H groups in total. The van der Waals surface area contributed by atoms with E-state index in [-0.39, 0.29) is 0 Å². The molecule has 1 fully saturated rings. The van der Waals surface area contributed by atoms with Crippen LogP contribution in [0.25, 0.3) is 0 Å². The van der Waals surface area contributed by atoms with E-state index in [0.717, 1.165) is 5.92 Å². The fourth-order valence-electron chi connectivity index (χ4n) is 2.24. The third-order valence-electron chi connectivity index (χ3n) is 3.20. The molecule has 1 atom stereocenters. The molecule has 1 saturated carbocycles. The molecular weight excluding hydrogens is 132 g/mol. The minimum absolute atomic E-state index is 0.898. The van der Waals surface area contributed by atoms with E-state index < -0.39 is 0 Å². The summed E-state index contributed by atoms with van der Waals surface area (Å²) in [6.07, 6.45) is 7.74. The van der Waals surface area contributed by atoms with Crippen LogP contribution >= 0.6 is 0 Å². The summed E-state index contributed by atoms with van der Waals surface area (Å²) in [5.41, 5.74) is 5.14. The van der Waals surface area contributed by atoms with Gasteiger partial charge in [0, 0.05) is 5.92 Å². The molecule has 0 bridgehead atoms. The highest BCUT2D eigenvalue weighted by Gasteiger charge is 2.33. The van der Waals surface area contributed by atoms with Gasteiger partial charge in [0.05, 0.1) is 0 Å². The maximum Gasteiger partial charge on any atom is 0.00189 e. The molecule has 0 saturated heterocycles. The zero-order chi connectivity index (χ0) is 7.84. The van der Waals surface area contributed by atoms with Crippen molar-refractivity contribution in [2.75, 3.05) is 0 Å². The predicted octanol–water partition coefficient (Wildman–Crippen LogP) is 3.45. The van der Waals surface area contributed by atoms with Gasteiger partial charge in [-0.3, -0.25) is 0 Å². The molecule has 0 aromatic carbocycles. The van der Waals surface area contributed by atoms with Crippen molar-refractivity contribution in [3.63, 3.8) is 0 Å². The predicted molar refractivity (Wildman–Crippen MR) is 48.4 cm³/mol.